The third-order valence-electron chi connectivity index (χ3n) is 3.83. The number of hydrogen-bond acceptors (Lipinski definition) is 5. The van der Waals surface area contributed by atoms with Crippen LogP contribution in [0.1, 0.15) is 13.3 Å². The molecule has 2 aromatic rings. The van der Waals surface area contributed by atoms with Gasteiger partial charge in [-0.1, -0.05) is 17.7 Å². The number of halogens is 1. The first-order valence-corrected chi connectivity index (χ1v) is 9.03. The molecule has 1 unspecified atom stereocenters. The van der Waals surface area contributed by atoms with Crippen LogP contribution in [0, 0.1) is 0 Å². The molecular formula is C20H25ClN2O4. The summed E-state index contributed by atoms with van der Waals surface area (Å²) in [6.45, 7) is 3.04. The van der Waals surface area contributed by atoms with Crippen LogP contribution in [-0.2, 0) is 4.79 Å². The molecule has 0 saturated carbocycles. The average Bonchev–Trinajstić information content (AvgIpc) is 2.65. The van der Waals surface area contributed by atoms with Gasteiger partial charge in [0.05, 0.1) is 19.9 Å². The van der Waals surface area contributed by atoms with Crippen molar-refractivity contribution in [2.75, 3.05) is 32.7 Å². The molecule has 0 aliphatic heterocycles. The SMILES string of the molecule is COc1ccc(OC)c(NC(=O)CC(C)NCCOc2cccc(Cl)c2)c1. The molecule has 27 heavy (non-hydrogen) atoms. The van der Waals surface area contributed by atoms with E-state index in [1.807, 2.05) is 19.1 Å². The molecule has 0 fully saturated rings. The van der Waals surface area contributed by atoms with Crippen molar-refractivity contribution in [3.8, 4) is 17.2 Å². The second-order valence-electron chi connectivity index (χ2n) is 5.98. The molecule has 2 aromatic carbocycles. The van der Waals surface area contributed by atoms with E-state index in [2.05, 4.69) is 10.6 Å². The van der Waals surface area contributed by atoms with E-state index >= 15 is 0 Å². The van der Waals surface area contributed by atoms with Gasteiger partial charge in [0.25, 0.3) is 0 Å². The number of nitrogens with one attached hydrogen (secondary N) is 2. The molecule has 0 aromatic heterocycles. The van der Waals surface area contributed by atoms with Crippen LogP contribution in [-0.4, -0.2) is 39.3 Å². The predicted octanol–water partition coefficient (Wildman–Crippen LogP) is 3.74. The fraction of sp³-hybridized carbons (Fsp3) is 0.350. The maximum atomic E-state index is 12.3. The van der Waals surface area contributed by atoms with E-state index in [9.17, 15) is 4.79 Å². The molecule has 7 heteroatoms. The van der Waals surface area contributed by atoms with E-state index in [1.54, 1.807) is 44.6 Å². The highest BCUT2D eigenvalue weighted by atomic mass is 35.5. The smallest absolute Gasteiger partial charge is 0.226 e. The van der Waals surface area contributed by atoms with Crippen molar-refractivity contribution in [1.82, 2.24) is 5.32 Å². The zero-order valence-corrected chi connectivity index (χ0v) is 16.5. The summed E-state index contributed by atoms with van der Waals surface area (Å²) in [6.07, 6.45) is 0.317. The van der Waals surface area contributed by atoms with E-state index in [4.69, 9.17) is 25.8 Å². The van der Waals surface area contributed by atoms with E-state index in [1.165, 1.54) is 0 Å². The number of hydrogen-bond donors (Lipinski definition) is 2. The van der Waals surface area contributed by atoms with E-state index in [-0.39, 0.29) is 11.9 Å². The summed E-state index contributed by atoms with van der Waals surface area (Å²) in [4.78, 5) is 12.3. The fourth-order valence-electron chi connectivity index (χ4n) is 2.49. The summed E-state index contributed by atoms with van der Waals surface area (Å²) < 4.78 is 16.1. The molecular weight excluding hydrogens is 368 g/mol. The molecule has 2 rings (SSSR count). The lowest BCUT2D eigenvalue weighted by Crippen LogP contribution is -2.33. The molecule has 0 aliphatic carbocycles. The van der Waals surface area contributed by atoms with E-state index in [0.29, 0.717) is 41.8 Å². The highest BCUT2D eigenvalue weighted by molar-refractivity contribution is 6.30. The average molecular weight is 393 g/mol. The molecule has 0 heterocycles. The standard InChI is InChI=1S/C20H25ClN2O4/c1-14(22-9-10-27-17-6-4-5-15(21)12-17)11-20(24)23-18-13-16(25-2)7-8-19(18)26-3/h4-8,12-14,22H,9-11H2,1-3H3,(H,23,24). The zero-order valence-electron chi connectivity index (χ0n) is 15.8. The third kappa shape index (κ3) is 7.00. The van der Waals surface area contributed by atoms with Crippen LogP contribution in [0.4, 0.5) is 5.69 Å². The Morgan fingerprint density at radius 2 is 1.93 bits per heavy atom. The van der Waals surface area contributed by atoms with Gasteiger partial charge in [-0.05, 0) is 37.3 Å². The van der Waals surface area contributed by atoms with Gasteiger partial charge >= 0.3 is 0 Å². The van der Waals surface area contributed by atoms with Crippen LogP contribution in [0.3, 0.4) is 0 Å². The van der Waals surface area contributed by atoms with Crippen molar-refractivity contribution in [3.63, 3.8) is 0 Å². The normalized spacial score (nSPS) is 11.6. The van der Waals surface area contributed by atoms with Crippen molar-refractivity contribution in [2.24, 2.45) is 0 Å². The van der Waals surface area contributed by atoms with E-state index < -0.39 is 0 Å². The number of benzene rings is 2. The minimum atomic E-state index is -0.114. The maximum Gasteiger partial charge on any atom is 0.226 e. The second-order valence-corrected chi connectivity index (χ2v) is 6.42. The lowest BCUT2D eigenvalue weighted by molar-refractivity contribution is -0.116. The Kier molecular flexibility index (Phi) is 8.23. The summed E-state index contributed by atoms with van der Waals surface area (Å²) in [5, 5.41) is 6.76. The summed E-state index contributed by atoms with van der Waals surface area (Å²) >= 11 is 5.92. The number of methoxy groups -OCH3 is 2. The van der Waals surface area contributed by atoms with Gasteiger partial charge in [-0.25, -0.2) is 0 Å². The third-order valence-corrected chi connectivity index (χ3v) is 4.07. The fourth-order valence-corrected chi connectivity index (χ4v) is 2.67. The van der Waals surface area contributed by atoms with Gasteiger partial charge in [-0.3, -0.25) is 4.79 Å². The lowest BCUT2D eigenvalue weighted by Gasteiger charge is -2.16. The number of carbonyl (C=O) groups is 1. The quantitative estimate of drug-likeness (QED) is 0.603. The van der Waals surface area contributed by atoms with Gasteiger partial charge in [-0.15, -0.1) is 0 Å². The molecule has 1 amide bonds. The summed E-state index contributed by atoms with van der Waals surface area (Å²) in [5.41, 5.74) is 0.582. The molecule has 146 valence electrons. The number of carbonyl (C=O) groups excluding carboxylic acids is 1. The minimum Gasteiger partial charge on any atom is -0.497 e. The number of rotatable bonds is 10. The summed E-state index contributed by atoms with van der Waals surface area (Å²) in [5.74, 6) is 1.84. The van der Waals surface area contributed by atoms with Gasteiger partial charge in [0.2, 0.25) is 5.91 Å². The highest BCUT2D eigenvalue weighted by Crippen LogP contribution is 2.29. The number of ether oxygens (including phenoxy) is 3. The Balaban J connectivity index is 1.75. The molecule has 2 N–H and O–H groups in total. The molecule has 0 bridgehead atoms. The predicted molar refractivity (Wildman–Crippen MR) is 107 cm³/mol. The summed E-state index contributed by atoms with van der Waals surface area (Å²) in [6, 6.07) is 12.5. The topological polar surface area (TPSA) is 68.8 Å². The van der Waals surface area contributed by atoms with Crippen LogP contribution >= 0.6 is 11.6 Å². The van der Waals surface area contributed by atoms with Crippen LogP contribution in [0.5, 0.6) is 17.2 Å². The van der Waals surface area contributed by atoms with Gasteiger partial charge < -0.3 is 24.8 Å². The number of amides is 1. The molecule has 6 nitrogen and oxygen atoms in total. The van der Waals surface area contributed by atoms with E-state index in [0.717, 1.165) is 5.75 Å². The Morgan fingerprint density at radius 3 is 2.63 bits per heavy atom. The Hall–Kier alpha value is -2.44. The molecule has 0 radical (unpaired) electrons. The van der Waals surface area contributed by atoms with Gasteiger partial charge in [0.1, 0.15) is 23.9 Å². The molecule has 0 spiro atoms. The zero-order chi connectivity index (χ0) is 19.6. The van der Waals surface area contributed by atoms with Gasteiger partial charge in [-0.2, -0.15) is 0 Å². The van der Waals surface area contributed by atoms with Crippen LogP contribution in [0.15, 0.2) is 42.5 Å². The molecule has 0 aliphatic rings. The van der Waals surface area contributed by atoms with Crippen molar-refractivity contribution >= 4 is 23.2 Å². The van der Waals surface area contributed by atoms with Gasteiger partial charge in [0.15, 0.2) is 0 Å². The van der Waals surface area contributed by atoms with Crippen LogP contribution in [0.2, 0.25) is 5.02 Å². The second kappa shape index (κ2) is 10.6. The Labute approximate surface area is 164 Å². The largest absolute Gasteiger partial charge is 0.497 e. The highest BCUT2D eigenvalue weighted by Gasteiger charge is 2.12. The van der Waals surface area contributed by atoms with Crippen molar-refractivity contribution in [1.29, 1.82) is 0 Å². The monoisotopic (exact) mass is 392 g/mol. The van der Waals surface area contributed by atoms with Crippen molar-refractivity contribution < 1.29 is 19.0 Å². The minimum absolute atomic E-state index is 0.00966. The molecule has 1 atom stereocenters. The first-order chi connectivity index (χ1) is 13.0. The summed E-state index contributed by atoms with van der Waals surface area (Å²) in [7, 11) is 3.13. The maximum absolute atomic E-state index is 12.3. The number of anilines is 1. The lowest BCUT2D eigenvalue weighted by atomic mass is 10.2. The van der Waals surface area contributed by atoms with Gasteiger partial charge in [0, 0.05) is 30.1 Å². The van der Waals surface area contributed by atoms with Crippen molar-refractivity contribution in [2.45, 2.75) is 19.4 Å². The Morgan fingerprint density at radius 1 is 1.11 bits per heavy atom. The van der Waals surface area contributed by atoms with Crippen LogP contribution in [0.25, 0.3) is 0 Å². The Bertz CT molecular complexity index is 755. The molecule has 0 saturated heterocycles. The first-order valence-electron chi connectivity index (χ1n) is 8.65. The van der Waals surface area contributed by atoms with Crippen molar-refractivity contribution in [3.05, 3.63) is 47.5 Å². The van der Waals surface area contributed by atoms with Crippen LogP contribution < -0.4 is 24.8 Å². The first kappa shape index (κ1) is 20.9.